The SMILES string of the molecule is Cc1ccc(F)c(S(=O)(=O)N[C@H](C)C(=O)O)c1. The van der Waals surface area contributed by atoms with Crippen LogP contribution < -0.4 is 4.72 Å². The molecule has 0 heterocycles. The van der Waals surface area contributed by atoms with E-state index in [-0.39, 0.29) is 0 Å². The van der Waals surface area contributed by atoms with E-state index < -0.39 is 32.7 Å². The van der Waals surface area contributed by atoms with Crippen LogP contribution in [0.5, 0.6) is 0 Å². The third kappa shape index (κ3) is 3.24. The molecule has 0 saturated carbocycles. The Bertz CT molecular complexity index is 541. The first-order valence-corrected chi connectivity index (χ1v) is 6.23. The second-order valence-corrected chi connectivity index (χ2v) is 5.30. The molecule has 1 aromatic rings. The van der Waals surface area contributed by atoms with Crippen LogP contribution in [0.15, 0.2) is 23.1 Å². The molecular formula is C10H12FNO4S. The van der Waals surface area contributed by atoms with E-state index in [1.165, 1.54) is 6.07 Å². The minimum atomic E-state index is -4.16. The maximum Gasteiger partial charge on any atom is 0.321 e. The number of carboxylic acid groups (broad SMARTS) is 1. The quantitative estimate of drug-likeness (QED) is 0.843. The van der Waals surface area contributed by atoms with Crippen molar-refractivity contribution in [1.29, 1.82) is 0 Å². The number of rotatable bonds is 4. The highest BCUT2D eigenvalue weighted by Crippen LogP contribution is 2.16. The molecule has 0 aliphatic heterocycles. The van der Waals surface area contributed by atoms with Crippen molar-refractivity contribution in [3.05, 3.63) is 29.6 Å². The van der Waals surface area contributed by atoms with Crippen molar-refractivity contribution < 1.29 is 22.7 Å². The third-order valence-electron chi connectivity index (χ3n) is 2.08. The second kappa shape index (κ2) is 4.80. The van der Waals surface area contributed by atoms with Gasteiger partial charge in [-0.1, -0.05) is 6.07 Å². The van der Waals surface area contributed by atoms with Crippen LogP contribution >= 0.6 is 0 Å². The molecule has 1 rings (SSSR count). The van der Waals surface area contributed by atoms with Gasteiger partial charge in [-0.2, -0.15) is 4.72 Å². The minimum Gasteiger partial charge on any atom is -0.480 e. The number of hydrogen-bond donors (Lipinski definition) is 2. The number of carboxylic acids is 1. The molecule has 0 aromatic heterocycles. The van der Waals surface area contributed by atoms with Gasteiger partial charge in [-0.25, -0.2) is 12.8 Å². The van der Waals surface area contributed by atoms with Crippen molar-refractivity contribution in [2.45, 2.75) is 24.8 Å². The first-order valence-electron chi connectivity index (χ1n) is 4.75. The second-order valence-electron chi connectivity index (χ2n) is 3.62. The van der Waals surface area contributed by atoms with Crippen molar-refractivity contribution in [2.24, 2.45) is 0 Å². The molecule has 1 atom stereocenters. The van der Waals surface area contributed by atoms with Crippen molar-refractivity contribution in [3.63, 3.8) is 0 Å². The third-order valence-corrected chi connectivity index (χ3v) is 3.63. The van der Waals surface area contributed by atoms with Crippen molar-refractivity contribution in [1.82, 2.24) is 4.72 Å². The van der Waals surface area contributed by atoms with E-state index in [1.807, 2.05) is 4.72 Å². The highest BCUT2D eigenvalue weighted by Gasteiger charge is 2.24. The summed E-state index contributed by atoms with van der Waals surface area (Å²) in [6, 6.07) is 2.27. The van der Waals surface area contributed by atoms with Gasteiger partial charge in [0, 0.05) is 0 Å². The van der Waals surface area contributed by atoms with Gasteiger partial charge in [-0.15, -0.1) is 0 Å². The van der Waals surface area contributed by atoms with E-state index in [1.54, 1.807) is 6.92 Å². The fourth-order valence-corrected chi connectivity index (χ4v) is 2.52. The van der Waals surface area contributed by atoms with Crippen molar-refractivity contribution >= 4 is 16.0 Å². The zero-order chi connectivity index (χ0) is 13.2. The summed E-state index contributed by atoms with van der Waals surface area (Å²) in [4.78, 5) is 9.99. The average Bonchev–Trinajstić information content (AvgIpc) is 2.20. The summed E-state index contributed by atoms with van der Waals surface area (Å²) >= 11 is 0. The standard InChI is InChI=1S/C10H12FNO4S/c1-6-3-4-8(11)9(5-6)17(15,16)12-7(2)10(13)14/h3-5,7,12H,1-2H3,(H,13,14)/t7-/m1/s1. The Morgan fingerprint density at radius 1 is 1.47 bits per heavy atom. The normalized spacial score (nSPS) is 13.4. The van der Waals surface area contributed by atoms with E-state index in [0.29, 0.717) is 5.56 Å². The lowest BCUT2D eigenvalue weighted by molar-refractivity contribution is -0.138. The predicted molar refractivity (Wildman–Crippen MR) is 58.6 cm³/mol. The molecule has 0 fully saturated rings. The van der Waals surface area contributed by atoms with Crippen LogP contribution in [0.2, 0.25) is 0 Å². The van der Waals surface area contributed by atoms with Crippen LogP contribution in [0.25, 0.3) is 0 Å². The van der Waals surface area contributed by atoms with Crippen LogP contribution in [0.4, 0.5) is 4.39 Å². The molecule has 0 aliphatic carbocycles. The Kier molecular flexibility index (Phi) is 3.84. The summed E-state index contributed by atoms with van der Waals surface area (Å²) in [6.07, 6.45) is 0. The maximum atomic E-state index is 13.4. The first-order chi connectivity index (χ1) is 7.74. The van der Waals surface area contributed by atoms with Gasteiger partial charge in [0.1, 0.15) is 16.8 Å². The lowest BCUT2D eigenvalue weighted by Gasteiger charge is -2.11. The average molecular weight is 261 g/mol. The molecule has 1 aromatic carbocycles. The minimum absolute atomic E-state index is 0.550. The Labute approximate surface area is 98.3 Å². The zero-order valence-corrected chi connectivity index (χ0v) is 10.1. The topological polar surface area (TPSA) is 83.5 Å². The number of nitrogens with one attached hydrogen (secondary N) is 1. The van der Waals surface area contributed by atoms with Crippen LogP contribution in [0.3, 0.4) is 0 Å². The summed E-state index contributed by atoms with van der Waals surface area (Å²) in [6.45, 7) is 2.77. The molecular weight excluding hydrogens is 249 g/mol. The van der Waals surface area contributed by atoms with E-state index >= 15 is 0 Å². The smallest absolute Gasteiger partial charge is 0.321 e. The van der Waals surface area contributed by atoms with Crippen LogP contribution in [-0.4, -0.2) is 25.5 Å². The van der Waals surface area contributed by atoms with E-state index in [9.17, 15) is 17.6 Å². The Hall–Kier alpha value is -1.47. The summed E-state index contributed by atoms with van der Waals surface area (Å²) in [5.41, 5.74) is 0.565. The van der Waals surface area contributed by atoms with Gasteiger partial charge in [-0.05, 0) is 31.5 Å². The van der Waals surface area contributed by atoms with Crippen LogP contribution in [0.1, 0.15) is 12.5 Å². The Morgan fingerprint density at radius 3 is 2.59 bits per heavy atom. The molecule has 0 aliphatic rings. The van der Waals surface area contributed by atoms with Gasteiger partial charge in [0.05, 0.1) is 0 Å². The number of aryl methyl sites for hydroxylation is 1. The van der Waals surface area contributed by atoms with Gasteiger partial charge in [0.25, 0.3) is 0 Å². The highest BCUT2D eigenvalue weighted by atomic mass is 32.2. The number of halogens is 1. The largest absolute Gasteiger partial charge is 0.480 e. The van der Waals surface area contributed by atoms with Crippen LogP contribution in [-0.2, 0) is 14.8 Å². The van der Waals surface area contributed by atoms with Crippen molar-refractivity contribution in [3.8, 4) is 0 Å². The number of benzene rings is 1. The fourth-order valence-electron chi connectivity index (χ4n) is 1.16. The summed E-state index contributed by atoms with van der Waals surface area (Å²) in [5, 5.41) is 8.60. The molecule has 0 radical (unpaired) electrons. The molecule has 0 spiro atoms. The number of hydrogen-bond acceptors (Lipinski definition) is 3. The molecule has 7 heteroatoms. The van der Waals surface area contributed by atoms with Gasteiger partial charge in [0.2, 0.25) is 10.0 Å². The Morgan fingerprint density at radius 2 is 2.06 bits per heavy atom. The monoisotopic (exact) mass is 261 g/mol. The molecule has 2 N–H and O–H groups in total. The maximum absolute atomic E-state index is 13.4. The predicted octanol–water partition coefficient (Wildman–Crippen LogP) is 0.886. The number of carbonyl (C=O) groups is 1. The summed E-state index contributed by atoms with van der Waals surface area (Å²) in [7, 11) is -4.16. The molecule has 0 bridgehead atoms. The van der Waals surface area contributed by atoms with E-state index in [2.05, 4.69) is 0 Å². The van der Waals surface area contributed by atoms with Crippen molar-refractivity contribution in [2.75, 3.05) is 0 Å². The summed E-state index contributed by atoms with van der Waals surface area (Å²) < 4.78 is 38.6. The summed E-state index contributed by atoms with van der Waals surface area (Å²) in [5.74, 6) is -2.25. The molecule has 0 saturated heterocycles. The molecule has 0 unspecified atom stereocenters. The van der Waals surface area contributed by atoms with Gasteiger partial charge in [-0.3, -0.25) is 4.79 Å². The molecule has 0 amide bonds. The number of aliphatic carboxylic acids is 1. The Balaban J connectivity index is 3.13. The van der Waals surface area contributed by atoms with Gasteiger partial charge >= 0.3 is 5.97 Å². The lowest BCUT2D eigenvalue weighted by Crippen LogP contribution is -2.38. The van der Waals surface area contributed by atoms with Gasteiger partial charge < -0.3 is 5.11 Å². The zero-order valence-electron chi connectivity index (χ0n) is 9.27. The van der Waals surface area contributed by atoms with Gasteiger partial charge in [0.15, 0.2) is 0 Å². The first kappa shape index (κ1) is 13.6. The van der Waals surface area contributed by atoms with E-state index in [0.717, 1.165) is 19.1 Å². The molecule has 5 nitrogen and oxygen atoms in total. The molecule has 94 valence electrons. The van der Waals surface area contributed by atoms with Crippen LogP contribution in [0, 0.1) is 12.7 Å². The molecule has 17 heavy (non-hydrogen) atoms. The lowest BCUT2D eigenvalue weighted by atomic mass is 10.2. The fraction of sp³-hybridized carbons (Fsp3) is 0.300. The number of sulfonamides is 1. The highest BCUT2D eigenvalue weighted by molar-refractivity contribution is 7.89. The van der Waals surface area contributed by atoms with E-state index in [4.69, 9.17) is 5.11 Å².